The van der Waals surface area contributed by atoms with Crippen molar-refractivity contribution in [2.45, 2.75) is 30.2 Å². The van der Waals surface area contributed by atoms with Crippen LogP contribution in [-0.4, -0.2) is 35.5 Å². The molecule has 17 heavy (non-hydrogen) atoms. The van der Waals surface area contributed by atoms with E-state index in [0.717, 1.165) is 6.42 Å². The first-order valence-corrected chi connectivity index (χ1v) is 8.86. The van der Waals surface area contributed by atoms with Crippen molar-refractivity contribution in [2.24, 2.45) is 0 Å². The molecule has 0 bridgehead atoms. The van der Waals surface area contributed by atoms with Crippen LogP contribution < -0.4 is 0 Å². The van der Waals surface area contributed by atoms with Gasteiger partial charge in [-0.05, 0) is 0 Å². The van der Waals surface area contributed by atoms with Crippen LogP contribution in [0.2, 0.25) is 3.98 Å². The summed E-state index contributed by atoms with van der Waals surface area (Å²) in [6.07, 6.45) is 7.62. The zero-order valence-corrected chi connectivity index (χ0v) is 14.1. The molecular weight excluding hydrogens is 403 g/mol. The van der Waals surface area contributed by atoms with Crippen molar-refractivity contribution >= 4 is 25.8 Å². The Labute approximate surface area is 119 Å². The molecule has 2 nitrogen and oxygen atoms in total. The Morgan fingerprint density at radius 1 is 1.29 bits per heavy atom. The van der Waals surface area contributed by atoms with Gasteiger partial charge in [-0.3, -0.25) is 0 Å². The van der Waals surface area contributed by atoms with Crippen molar-refractivity contribution in [2.75, 3.05) is 0 Å². The van der Waals surface area contributed by atoms with E-state index in [9.17, 15) is 0 Å². The quantitative estimate of drug-likeness (QED) is 0.680. The molecule has 0 saturated carbocycles. The third-order valence-electron chi connectivity index (χ3n) is 2.86. The number of hydrogen-bond donors (Lipinski definition) is 0. The van der Waals surface area contributed by atoms with Gasteiger partial charge >= 0.3 is 119 Å². The predicted octanol–water partition coefficient (Wildman–Crippen LogP) is 2.95. The summed E-state index contributed by atoms with van der Waals surface area (Å²) in [5, 5.41) is 4.40. The maximum absolute atomic E-state index is 4.40. The van der Waals surface area contributed by atoms with Crippen LogP contribution in [0.1, 0.15) is 24.5 Å². The van der Waals surface area contributed by atoms with E-state index in [-0.39, 0.29) is 0 Å². The van der Waals surface area contributed by atoms with E-state index in [1.165, 1.54) is 59.4 Å². The van der Waals surface area contributed by atoms with Crippen LogP contribution in [0.4, 0.5) is 0 Å². The monoisotopic (exact) mass is 421 g/mol. The second-order valence-corrected chi connectivity index (χ2v) is 6.11. The standard InChI is InChI=1S/C14H17N2.Pb/c1-3-6-13-7-5-8-14(9-13)16-11-12(4-2)10-15-16;/h5,7-11H,1,3-4,6H2,2H3;. The molecule has 87 valence electrons. The third-order valence-corrected chi connectivity index (χ3v) is 4.24. The molecule has 0 unspecified atom stereocenters. The summed E-state index contributed by atoms with van der Waals surface area (Å²) in [5.74, 6) is 0. The number of aryl methyl sites for hydroxylation is 2. The van der Waals surface area contributed by atoms with Gasteiger partial charge < -0.3 is 0 Å². The Morgan fingerprint density at radius 2 is 2.18 bits per heavy atom. The van der Waals surface area contributed by atoms with Gasteiger partial charge in [0.15, 0.2) is 0 Å². The normalized spacial score (nSPS) is 10.7. The van der Waals surface area contributed by atoms with Crippen LogP contribution in [0.25, 0.3) is 5.69 Å². The molecule has 3 heteroatoms. The number of nitrogens with zero attached hydrogens (tertiary/aromatic N) is 2. The molecule has 3 radical (unpaired) electrons. The van der Waals surface area contributed by atoms with Crippen LogP contribution in [0, 0.1) is 0 Å². The molecule has 2 aromatic rings. The molecule has 1 aromatic carbocycles. The summed E-state index contributed by atoms with van der Waals surface area (Å²) in [6.45, 7) is 2.16. The number of benzene rings is 1. The fourth-order valence-corrected chi connectivity index (χ4v) is 2.52. The average Bonchev–Trinajstić information content (AvgIpc) is 2.85. The zero-order chi connectivity index (χ0) is 12.1. The summed E-state index contributed by atoms with van der Waals surface area (Å²) < 4.78 is 3.36. The van der Waals surface area contributed by atoms with E-state index in [0.29, 0.717) is 0 Å². The molecule has 0 aliphatic carbocycles. The fraction of sp³-hybridized carbons (Fsp3) is 0.357. The fourth-order valence-electron chi connectivity index (χ4n) is 1.83. The molecular formula is C14H17N2Pb. The van der Waals surface area contributed by atoms with E-state index < -0.39 is 0 Å². The zero-order valence-electron chi connectivity index (χ0n) is 10.2. The minimum absolute atomic E-state index is 1.04. The molecule has 0 saturated heterocycles. The summed E-state index contributed by atoms with van der Waals surface area (Å²) in [6, 6.07) is 8.72. The first-order valence-electron chi connectivity index (χ1n) is 6.11. The van der Waals surface area contributed by atoms with E-state index in [2.05, 4.69) is 42.5 Å². The second kappa shape index (κ2) is 6.33. The summed E-state index contributed by atoms with van der Waals surface area (Å²) >= 11 is 1.31. The SMILES string of the molecule is CCc1cnn(-c2cccc(CC[CH2][Pb])c2)c1. The van der Waals surface area contributed by atoms with E-state index in [1.807, 2.05) is 10.9 Å². The van der Waals surface area contributed by atoms with Gasteiger partial charge in [0.2, 0.25) is 0 Å². The molecule has 0 N–H and O–H groups in total. The average molecular weight is 421 g/mol. The summed E-state index contributed by atoms with van der Waals surface area (Å²) in [4.78, 5) is 0. The third kappa shape index (κ3) is 3.40. The molecule has 2 rings (SSSR count). The number of rotatable bonds is 5. The van der Waals surface area contributed by atoms with E-state index in [1.54, 1.807) is 0 Å². The maximum atomic E-state index is 4.40. The number of aromatic nitrogens is 2. The van der Waals surface area contributed by atoms with Gasteiger partial charge in [0.1, 0.15) is 0 Å². The van der Waals surface area contributed by atoms with Crippen molar-refractivity contribution < 1.29 is 0 Å². The Balaban J connectivity index is 2.20. The van der Waals surface area contributed by atoms with Crippen LogP contribution in [0.5, 0.6) is 0 Å². The van der Waals surface area contributed by atoms with Crippen LogP contribution in [0.3, 0.4) is 0 Å². The molecule has 0 atom stereocenters. The Bertz CT molecular complexity index is 477. The molecule has 0 spiro atoms. The van der Waals surface area contributed by atoms with Gasteiger partial charge in [-0.1, -0.05) is 0 Å². The van der Waals surface area contributed by atoms with Gasteiger partial charge in [0.05, 0.1) is 0 Å². The van der Waals surface area contributed by atoms with Crippen molar-refractivity contribution in [3.63, 3.8) is 0 Å². The first-order chi connectivity index (χ1) is 8.33. The van der Waals surface area contributed by atoms with Crippen LogP contribution in [0.15, 0.2) is 36.7 Å². The Kier molecular flexibility index (Phi) is 4.77. The van der Waals surface area contributed by atoms with Gasteiger partial charge in [0, 0.05) is 0 Å². The van der Waals surface area contributed by atoms with Crippen molar-refractivity contribution in [1.82, 2.24) is 9.78 Å². The molecule has 1 aromatic heterocycles. The molecule has 1 heterocycles. The van der Waals surface area contributed by atoms with Crippen molar-refractivity contribution in [1.29, 1.82) is 0 Å². The van der Waals surface area contributed by atoms with Gasteiger partial charge in [0.25, 0.3) is 0 Å². The molecule has 0 amide bonds. The van der Waals surface area contributed by atoms with Gasteiger partial charge in [-0.25, -0.2) is 0 Å². The Hall–Kier alpha value is -0.648. The number of hydrogen-bond acceptors (Lipinski definition) is 1. The van der Waals surface area contributed by atoms with Crippen molar-refractivity contribution in [3.8, 4) is 5.69 Å². The van der Waals surface area contributed by atoms with E-state index in [4.69, 9.17) is 0 Å². The molecule has 0 aliphatic heterocycles. The van der Waals surface area contributed by atoms with Gasteiger partial charge in [-0.2, -0.15) is 0 Å². The predicted molar refractivity (Wildman–Crippen MR) is 71.8 cm³/mol. The minimum atomic E-state index is 1.04. The van der Waals surface area contributed by atoms with Crippen LogP contribution >= 0.6 is 0 Å². The topological polar surface area (TPSA) is 17.8 Å². The van der Waals surface area contributed by atoms with Gasteiger partial charge in [-0.15, -0.1) is 0 Å². The van der Waals surface area contributed by atoms with E-state index >= 15 is 0 Å². The van der Waals surface area contributed by atoms with Crippen LogP contribution in [-0.2, 0) is 12.8 Å². The molecule has 0 aliphatic rings. The first kappa shape index (κ1) is 12.8. The second-order valence-electron chi connectivity index (χ2n) is 4.17. The van der Waals surface area contributed by atoms with Crippen molar-refractivity contribution in [3.05, 3.63) is 47.8 Å². The summed E-state index contributed by atoms with van der Waals surface area (Å²) in [5.41, 5.74) is 3.89. The Morgan fingerprint density at radius 3 is 2.88 bits per heavy atom. The molecule has 0 fully saturated rings. The summed E-state index contributed by atoms with van der Waals surface area (Å²) in [7, 11) is 0.